The van der Waals surface area contributed by atoms with Crippen molar-refractivity contribution in [2.75, 3.05) is 31.6 Å². The summed E-state index contributed by atoms with van der Waals surface area (Å²) in [6, 6.07) is 8.14. The third-order valence-electron chi connectivity index (χ3n) is 5.39. The predicted molar refractivity (Wildman–Crippen MR) is 111 cm³/mol. The normalized spacial score (nSPS) is 18.7. The van der Waals surface area contributed by atoms with Crippen LogP contribution in [0.2, 0.25) is 5.02 Å². The number of rotatable bonds is 4. The zero-order valence-corrected chi connectivity index (χ0v) is 17.2. The molecule has 1 saturated heterocycles. The zero-order valence-electron chi connectivity index (χ0n) is 15.6. The Balaban J connectivity index is 1.87. The van der Waals surface area contributed by atoms with E-state index >= 15 is 0 Å². The number of halogens is 1. The maximum absolute atomic E-state index is 11.9. The average molecular weight is 405 g/mol. The van der Waals surface area contributed by atoms with Gasteiger partial charge in [-0.2, -0.15) is 0 Å². The molecule has 1 aliphatic carbocycles. The Hall–Kier alpha value is -1.40. The van der Waals surface area contributed by atoms with Crippen molar-refractivity contribution in [3.8, 4) is 0 Å². The number of hydrogen-bond acceptors (Lipinski definition) is 4. The largest absolute Gasteiger partial charge is 0.379 e. The van der Waals surface area contributed by atoms with Crippen molar-refractivity contribution in [3.05, 3.63) is 50.9 Å². The van der Waals surface area contributed by atoms with Gasteiger partial charge < -0.3 is 10.1 Å². The Morgan fingerprint density at radius 2 is 1.96 bits per heavy atom. The summed E-state index contributed by atoms with van der Waals surface area (Å²) in [4.78, 5) is 15.8. The van der Waals surface area contributed by atoms with E-state index in [0.29, 0.717) is 0 Å². The molecule has 2 heterocycles. The Morgan fingerprint density at radius 1 is 1.22 bits per heavy atom. The number of carbonyl (C=O) groups is 1. The summed E-state index contributed by atoms with van der Waals surface area (Å²) >= 11 is 8.40. The van der Waals surface area contributed by atoms with Crippen molar-refractivity contribution >= 4 is 33.8 Å². The van der Waals surface area contributed by atoms with Gasteiger partial charge >= 0.3 is 0 Å². The summed E-state index contributed by atoms with van der Waals surface area (Å²) in [7, 11) is 0. The Labute approximate surface area is 169 Å². The molecule has 27 heavy (non-hydrogen) atoms. The lowest BCUT2D eigenvalue weighted by atomic mass is 9.88. The molecule has 1 unspecified atom stereocenters. The molecule has 2 aromatic rings. The second-order valence-corrected chi connectivity index (χ2v) is 8.72. The van der Waals surface area contributed by atoms with E-state index in [1.807, 2.05) is 18.2 Å². The van der Waals surface area contributed by atoms with E-state index in [9.17, 15) is 4.79 Å². The van der Waals surface area contributed by atoms with Crippen molar-refractivity contribution < 1.29 is 9.53 Å². The average Bonchev–Trinajstić information content (AvgIpc) is 3.02. The van der Waals surface area contributed by atoms with E-state index < -0.39 is 0 Å². The van der Waals surface area contributed by atoms with Crippen LogP contribution in [-0.4, -0.2) is 37.1 Å². The molecule has 1 aromatic heterocycles. The first kappa shape index (κ1) is 18.9. The molecule has 1 fully saturated rings. The lowest BCUT2D eigenvalue weighted by Gasteiger charge is -2.36. The molecule has 1 aromatic carbocycles. The van der Waals surface area contributed by atoms with Gasteiger partial charge in [-0.05, 0) is 42.9 Å². The predicted octanol–water partition coefficient (Wildman–Crippen LogP) is 4.66. The minimum atomic E-state index is -0.0188. The van der Waals surface area contributed by atoms with Gasteiger partial charge in [-0.1, -0.05) is 29.8 Å². The van der Waals surface area contributed by atoms with Crippen LogP contribution < -0.4 is 5.32 Å². The topological polar surface area (TPSA) is 41.6 Å². The number of anilines is 1. The van der Waals surface area contributed by atoms with Crippen LogP contribution in [0.15, 0.2) is 24.3 Å². The number of nitrogens with one attached hydrogen (secondary N) is 1. The Kier molecular flexibility index (Phi) is 5.83. The summed E-state index contributed by atoms with van der Waals surface area (Å²) in [5.74, 6) is -0.0188. The molecule has 0 bridgehead atoms. The van der Waals surface area contributed by atoms with E-state index in [-0.39, 0.29) is 11.9 Å². The van der Waals surface area contributed by atoms with Gasteiger partial charge in [0.1, 0.15) is 5.00 Å². The second-order valence-electron chi connectivity index (χ2n) is 7.21. The molecular weight excluding hydrogens is 380 g/mol. The maximum Gasteiger partial charge on any atom is 0.221 e. The number of ether oxygens (including phenoxy) is 1. The van der Waals surface area contributed by atoms with Crippen LogP contribution in [0.4, 0.5) is 5.00 Å². The number of benzene rings is 1. The van der Waals surface area contributed by atoms with Crippen molar-refractivity contribution in [1.82, 2.24) is 4.90 Å². The summed E-state index contributed by atoms with van der Waals surface area (Å²) < 4.78 is 5.60. The number of morpholine rings is 1. The fourth-order valence-electron chi connectivity index (χ4n) is 4.20. The Bertz CT molecular complexity index is 830. The van der Waals surface area contributed by atoms with E-state index in [2.05, 4.69) is 16.3 Å². The van der Waals surface area contributed by atoms with Crippen LogP contribution in [0.1, 0.15) is 47.4 Å². The molecule has 0 radical (unpaired) electrons. The van der Waals surface area contributed by atoms with Gasteiger partial charge in [0.2, 0.25) is 5.91 Å². The van der Waals surface area contributed by atoms with Crippen LogP contribution in [0.5, 0.6) is 0 Å². The minimum absolute atomic E-state index is 0.0188. The van der Waals surface area contributed by atoms with Gasteiger partial charge in [0.25, 0.3) is 0 Å². The molecule has 1 amide bonds. The number of hydrogen-bond donors (Lipinski definition) is 1. The fraction of sp³-hybridized carbons (Fsp3) is 0.476. The first-order valence-corrected chi connectivity index (χ1v) is 10.8. The van der Waals surface area contributed by atoms with Crippen LogP contribution in [0.25, 0.3) is 0 Å². The molecule has 4 nitrogen and oxygen atoms in total. The van der Waals surface area contributed by atoms with Crippen molar-refractivity contribution in [2.24, 2.45) is 0 Å². The minimum Gasteiger partial charge on any atom is -0.379 e. The highest BCUT2D eigenvalue weighted by molar-refractivity contribution is 7.16. The Morgan fingerprint density at radius 3 is 2.70 bits per heavy atom. The number of nitrogens with zero attached hydrogens (tertiary/aromatic N) is 1. The van der Waals surface area contributed by atoms with Gasteiger partial charge in [-0.3, -0.25) is 9.69 Å². The number of amides is 1. The first-order chi connectivity index (χ1) is 13.1. The third kappa shape index (κ3) is 3.92. The van der Waals surface area contributed by atoms with Crippen LogP contribution in [-0.2, 0) is 22.4 Å². The third-order valence-corrected chi connectivity index (χ3v) is 6.95. The molecule has 1 atom stereocenters. The van der Waals surface area contributed by atoms with Crippen molar-refractivity contribution in [3.63, 3.8) is 0 Å². The number of fused-ring (bicyclic) bond motifs is 1. The summed E-state index contributed by atoms with van der Waals surface area (Å²) in [6.45, 7) is 4.76. The monoisotopic (exact) mass is 404 g/mol. The van der Waals surface area contributed by atoms with Gasteiger partial charge in [-0.25, -0.2) is 0 Å². The molecule has 0 saturated carbocycles. The lowest BCUT2D eigenvalue weighted by Crippen LogP contribution is -2.40. The van der Waals surface area contributed by atoms with E-state index in [1.165, 1.54) is 28.8 Å². The highest BCUT2D eigenvalue weighted by Gasteiger charge is 2.33. The smallest absolute Gasteiger partial charge is 0.221 e. The molecule has 144 valence electrons. The van der Waals surface area contributed by atoms with Gasteiger partial charge in [0, 0.05) is 35.5 Å². The highest BCUT2D eigenvalue weighted by Crippen LogP contribution is 2.46. The van der Waals surface area contributed by atoms with E-state index in [1.54, 1.807) is 18.3 Å². The first-order valence-electron chi connectivity index (χ1n) is 9.63. The van der Waals surface area contributed by atoms with E-state index in [4.69, 9.17) is 16.3 Å². The lowest BCUT2D eigenvalue weighted by molar-refractivity contribution is -0.114. The molecule has 1 N–H and O–H groups in total. The zero-order chi connectivity index (χ0) is 18.8. The van der Waals surface area contributed by atoms with Crippen LogP contribution in [0, 0.1) is 0 Å². The summed E-state index contributed by atoms with van der Waals surface area (Å²) in [5, 5.41) is 4.89. The van der Waals surface area contributed by atoms with Crippen molar-refractivity contribution in [2.45, 2.75) is 38.6 Å². The van der Waals surface area contributed by atoms with Crippen molar-refractivity contribution in [1.29, 1.82) is 0 Å². The number of aryl methyl sites for hydroxylation is 1. The fourth-order valence-corrected chi connectivity index (χ4v) is 5.81. The molecular formula is C21H25ClN2O2S. The molecule has 6 heteroatoms. The molecule has 2 aliphatic rings. The van der Waals surface area contributed by atoms with E-state index in [0.717, 1.165) is 54.7 Å². The quantitative estimate of drug-likeness (QED) is 0.805. The highest BCUT2D eigenvalue weighted by atomic mass is 35.5. The van der Waals surface area contributed by atoms with Gasteiger partial charge in [0.05, 0.1) is 19.3 Å². The summed E-state index contributed by atoms with van der Waals surface area (Å²) in [6.07, 6.45) is 4.60. The summed E-state index contributed by atoms with van der Waals surface area (Å²) in [5.41, 5.74) is 3.78. The number of thiophene rings is 1. The molecule has 4 rings (SSSR count). The standard InChI is InChI=1S/C21H25ClN2O2S/c1-14(25)23-21-19(16-7-3-5-9-18(16)27-21)20(24-10-12-26-13-11-24)15-6-2-4-8-17(15)22/h2,4,6,8,20H,3,5,7,9-13H2,1H3,(H,23,25). The van der Waals surface area contributed by atoms with Gasteiger partial charge in [0.15, 0.2) is 0 Å². The van der Waals surface area contributed by atoms with Crippen LogP contribution in [0.3, 0.4) is 0 Å². The number of carbonyl (C=O) groups excluding carboxylic acids is 1. The SMILES string of the molecule is CC(=O)Nc1sc2c(c1C(c1ccccc1Cl)N1CCOCC1)CCCC2. The molecule has 0 spiro atoms. The van der Waals surface area contributed by atoms with Gasteiger partial charge in [-0.15, -0.1) is 11.3 Å². The maximum atomic E-state index is 11.9. The second kappa shape index (κ2) is 8.31. The van der Waals surface area contributed by atoms with Crippen LogP contribution >= 0.6 is 22.9 Å². The molecule has 1 aliphatic heterocycles.